The summed E-state index contributed by atoms with van der Waals surface area (Å²) in [5.74, 6) is 1.45. The Hall–Kier alpha value is -3.23. The maximum atomic E-state index is 6.29. The lowest BCUT2D eigenvalue weighted by atomic mass is 10.1. The summed E-state index contributed by atoms with van der Waals surface area (Å²) >= 11 is 6.29. The Morgan fingerprint density at radius 1 is 1.10 bits per heavy atom. The van der Waals surface area contributed by atoms with Crippen LogP contribution >= 0.6 is 11.6 Å². The van der Waals surface area contributed by atoms with E-state index in [-0.39, 0.29) is 12.7 Å². The van der Waals surface area contributed by atoms with Gasteiger partial charge < -0.3 is 14.0 Å². The van der Waals surface area contributed by atoms with Crippen molar-refractivity contribution in [3.8, 4) is 17.3 Å². The van der Waals surface area contributed by atoms with Gasteiger partial charge >= 0.3 is 0 Å². The van der Waals surface area contributed by atoms with Crippen LogP contribution in [0.1, 0.15) is 23.3 Å². The highest BCUT2D eigenvalue weighted by atomic mass is 35.5. The van der Waals surface area contributed by atoms with Crippen molar-refractivity contribution in [1.82, 2.24) is 25.1 Å². The molecule has 29 heavy (non-hydrogen) atoms. The first-order valence-corrected chi connectivity index (χ1v) is 9.45. The average Bonchev–Trinajstić information content (AvgIpc) is 3.39. The van der Waals surface area contributed by atoms with Gasteiger partial charge in [-0.3, -0.25) is 0 Å². The molecule has 1 aliphatic heterocycles. The van der Waals surface area contributed by atoms with Crippen molar-refractivity contribution in [2.24, 2.45) is 0 Å². The Bertz CT molecular complexity index is 1130. The molecule has 0 amide bonds. The fourth-order valence-electron chi connectivity index (χ4n) is 3.18. The highest BCUT2D eigenvalue weighted by Gasteiger charge is 2.28. The Labute approximate surface area is 171 Å². The second kappa shape index (κ2) is 7.65. The molecule has 1 aliphatic rings. The van der Waals surface area contributed by atoms with Crippen LogP contribution in [0.15, 0.2) is 59.1 Å². The lowest BCUT2D eigenvalue weighted by Gasteiger charge is -2.24. The summed E-state index contributed by atoms with van der Waals surface area (Å²) in [7, 11) is 0. The molecule has 0 unspecified atom stereocenters. The van der Waals surface area contributed by atoms with Crippen LogP contribution in [-0.4, -0.2) is 25.1 Å². The van der Waals surface area contributed by atoms with Crippen molar-refractivity contribution >= 4 is 11.6 Å². The van der Waals surface area contributed by atoms with Gasteiger partial charge in [0.15, 0.2) is 12.3 Å². The van der Waals surface area contributed by atoms with E-state index in [4.69, 9.17) is 25.6 Å². The maximum Gasteiger partial charge on any atom is 0.264 e. The first-order valence-electron chi connectivity index (χ1n) is 9.07. The van der Waals surface area contributed by atoms with Gasteiger partial charge in [-0.1, -0.05) is 58.4 Å². The van der Waals surface area contributed by atoms with Gasteiger partial charge in [-0.05, 0) is 18.2 Å². The van der Waals surface area contributed by atoms with Crippen molar-refractivity contribution in [3.63, 3.8) is 0 Å². The Morgan fingerprint density at radius 2 is 1.93 bits per heavy atom. The van der Waals surface area contributed by atoms with E-state index in [1.54, 1.807) is 4.68 Å². The number of ether oxygens (including phenoxy) is 2. The Balaban J connectivity index is 1.32. The molecule has 0 radical (unpaired) electrons. The molecule has 8 nitrogen and oxygen atoms in total. The predicted octanol–water partition coefficient (Wildman–Crippen LogP) is 3.83. The van der Waals surface area contributed by atoms with Gasteiger partial charge in [-0.25, -0.2) is 4.68 Å². The summed E-state index contributed by atoms with van der Waals surface area (Å²) in [5.41, 5.74) is 2.26. The largest absolute Gasteiger partial charge is 0.484 e. The zero-order valence-electron chi connectivity index (χ0n) is 15.2. The number of rotatable bonds is 5. The van der Waals surface area contributed by atoms with Crippen LogP contribution in [0.25, 0.3) is 11.5 Å². The van der Waals surface area contributed by atoms with E-state index in [0.29, 0.717) is 35.6 Å². The zero-order chi connectivity index (χ0) is 19.6. The second-order valence-corrected chi connectivity index (χ2v) is 6.91. The highest BCUT2D eigenvalue weighted by molar-refractivity contribution is 6.31. The minimum atomic E-state index is -0.189. The Morgan fingerprint density at radius 3 is 2.79 bits per heavy atom. The molecular weight excluding hydrogens is 394 g/mol. The molecule has 1 atom stereocenters. The van der Waals surface area contributed by atoms with E-state index >= 15 is 0 Å². The molecule has 0 N–H and O–H groups in total. The molecule has 4 aromatic rings. The topological polar surface area (TPSA) is 88.1 Å². The third kappa shape index (κ3) is 3.59. The van der Waals surface area contributed by atoms with Crippen LogP contribution in [0.4, 0.5) is 0 Å². The first-order chi connectivity index (χ1) is 14.3. The third-order valence-electron chi connectivity index (χ3n) is 4.64. The molecule has 9 heteroatoms. The van der Waals surface area contributed by atoms with Gasteiger partial charge in [-0.2, -0.15) is 4.98 Å². The van der Waals surface area contributed by atoms with E-state index in [9.17, 15) is 0 Å². The predicted molar refractivity (Wildman–Crippen MR) is 103 cm³/mol. The zero-order valence-corrected chi connectivity index (χ0v) is 16.0. The number of benzene rings is 2. The number of para-hydroxylation sites is 1. The van der Waals surface area contributed by atoms with E-state index in [1.165, 1.54) is 0 Å². The van der Waals surface area contributed by atoms with Crippen LogP contribution in [0.3, 0.4) is 0 Å². The first kappa shape index (κ1) is 17.8. The molecule has 0 fully saturated rings. The van der Waals surface area contributed by atoms with E-state index in [0.717, 1.165) is 17.0 Å². The average molecular weight is 410 g/mol. The smallest absolute Gasteiger partial charge is 0.264 e. The third-order valence-corrected chi connectivity index (χ3v) is 4.98. The van der Waals surface area contributed by atoms with Crippen molar-refractivity contribution in [3.05, 3.63) is 76.8 Å². The number of halogens is 1. The minimum absolute atomic E-state index is 0.172. The molecule has 5 rings (SSSR count). The van der Waals surface area contributed by atoms with Crippen molar-refractivity contribution in [2.75, 3.05) is 0 Å². The molecule has 0 saturated carbocycles. The summed E-state index contributed by atoms with van der Waals surface area (Å²) in [5, 5.41) is 13.1. The number of hydrogen-bond donors (Lipinski definition) is 0. The van der Waals surface area contributed by atoms with E-state index in [1.807, 2.05) is 54.6 Å². The summed E-state index contributed by atoms with van der Waals surface area (Å²) in [4.78, 5) is 4.37. The fourth-order valence-corrected chi connectivity index (χ4v) is 3.44. The van der Waals surface area contributed by atoms with Gasteiger partial charge in [0.2, 0.25) is 5.82 Å². The highest BCUT2D eigenvalue weighted by Crippen LogP contribution is 2.32. The summed E-state index contributed by atoms with van der Waals surface area (Å²) < 4.78 is 18.7. The summed E-state index contributed by atoms with van der Waals surface area (Å²) in [6.07, 6.45) is -0.189. The van der Waals surface area contributed by atoms with Crippen LogP contribution in [0, 0.1) is 0 Å². The van der Waals surface area contributed by atoms with E-state index in [2.05, 4.69) is 20.5 Å². The fraction of sp³-hybridized carbons (Fsp3) is 0.200. The van der Waals surface area contributed by atoms with Crippen molar-refractivity contribution in [2.45, 2.75) is 25.9 Å². The summed E-state index contributed by atoms with van der Waals surface area (Å²) in [6.45, 7) is 1.00. The molecule has 0 bridgehead atoms. The van der Waals surface area contributed by atoms with Crippen LogP contribution in [-0.2, 0) is 24.5 Å². The van der Waals surface area contributed by atoms with Gasteiger partial charge in [0, 0.05) is 10.6 Å². The van der Waals surface area contributed by atoms with Gasteiger partial charge in [0.1, 0.15) is 11.9 Å². The molecule has 2 aromatic heterocycles. The van der Waals surface area contributed by atoms with E-state index < -0.39 is 0 Å². The monoisotopic (exact) mass is 409 g/mol. The molecule has 0 saturated heterocycles. The Kier molecular flexibility index (Phi) is 4.71. The lowest BCUT2D eigenvalue weighted by Crippen LogP contribution is -2.22. The standard InChI is InChI=1S/C20H16ClN5O3/c21-15-9-5-4-8-14(15)17-10-26-16(11-28-17)19(23-25-26)20-22-18(29-24-20)12-27-13-6-2-1-3-7-13/h1-9,17H,10-12H2/t17-/m1/s1. The molecule has 0 spiro atoms. The molecule has 3 heterocycles. The van der Waals surface area contributed by atoms with Crippen LogP contribution in [0.2, 0.25) is 5.02 Å². The van der Waals surface area contributed by atoms with Crippen LogP contribution < -0.4 is 4.74 Å². The van der Waals surface area contributed by atoms with Crippen LogP contribution in [0.5, 0.6) is 5.75 Å². The second-order valence-electron chi connectivity index (χ2n) is 6.50. The van der Waals surface area contributed by atoms with Gasteiger partial charge in [0.25, 0.3) is 5.89 Å². The SMILES string of the molecule is Clc1ccccc1[C@H]1Cn2nnc(-c3noc(COc4ccccc4)n3)c2CO1. The lowest BCUT2D eigenvalue weighted by molar-refractivity contribution is -0.00106. The maximum absolute atomic E-state index is 6.29. The normalized spacial score (nSPS) is 15.8. The van der Waals surface area contributed by atoms with Gasteiger partial charge in [0.05, 0.1) is 18.8 Å². The number of aromatic nitrogens is 5. The minimum Gasteiger partial charge on any atom is -0.484 e. The molecule has 146 valence electrons. The number of nitrogens with zero attached hydrogens (tertiary/aromatic N) is 5. The number of hydrogen-bond acceptors (Lipinski definition) is 7. The molecule has 0 aliphatic carbocycles. The van der Waals surface area contributed by atoms with Crippen molar-refractivity contribution < 1.29 is 14.0 Å². The van der Waals surface area contributed by atoms with Crippen molar-refractivity contribution in [1.29, 1.82) is 0 Å². The number of fused-ring (bicyclic) bond motifs is 1. The van der Waals surface area contributed by atoms with Gasteiger partial charge in [-0.15, -0.1) is 5.10 Å². The summed E-state index contributed by atoms with van der Waals surface area (Å²) in [6, 6.07) is 17.1. The quantitative estimate of drug-likeness (QED) is 0.495. The molecular formula is C20H16ClN5O3. The molecule has 2 aromatic carbocycles.